The molecule has 0 aliphatic heterocycles. The molecule has 1 N–H and O–H groups in total. The van der Waals surface area contributed by atoms with Crippen LogP contribution < -0.4 is 0 Å². The van der Waals surface area contributed by atoms with Gasteiger partial charge in [0.15, 0.2) is 0 Å². The minimum absolute atomic E-state index is 0.171. The van der Waals surface area contributed by atoms with Crippen LogP contribution in [0.15, 0.2) is 0 Å². The molecule has 2 rings (SSSR count). The normalized spacial score (nSPS) is 37.1. The number of unbranched alkanes of at least 4 members (excludes halogenated alkanes) is 2. The van der Waals surface area contributed by atoms with Gasteiger partial charge in [0.2, 0.25) is 0 Å². The molecule has 168 valence electrons. The van der Waals surface area contributed by atoms with Crippen molar-refractivity contribution in [3.8, 4) is 0 Å². The fraction of sp³-hybridized carbons (Fsp3) is 0.920. The van der Waals surface area contributed by atoms with Crippen LogP contribution in [-0.4, -0.2) is 23.7 Å². The molecule has 0 radical (unpaired) electrons. The van der Waals surface area contributed by atoms with Crippen molar-refractivity contribution in [3.63, 3.8) is 0 Å². The van der Waals surface area contributed by atoms with Crippen molar-refractivity contribution in [2.24, 2.45) is 40.4 Å². The van der Waals surface area contributed by atoms with E-state index in [0.29, 0.717) is 42.6 Å². The lowest BCUT2D eigenvalue weighted by atomic mass is 9.54. The fourth-order valence-electron chi connectivity index (χ4n) is 6.63. The zero-order valence-corrected chi connectivity index (χ0v) is 19.6. The Bertz CT molecular complexity index is 569. The summed E-state index contributed by atoms with van der Waals surface area (Å²) in [5, 5.41) is 9.59. The molecular weight excluding hydrogens is 364 g/mol. The van der Waals surface area contributed by atoms with Crippen LogP contribution in [0.5, 0.6) is 0 Å². The van der Waals surface area contributed by atoms with E-state index in [-0.39, 0.29) is 11.4 Å². The van der Waals surface area contributed by atoms with Crippen molar-refractivity contribution in [1.29, 1.82) is 0 Å². The molecule has 2 aliphatic rings. The van der Waals surface area contributed by atoms with Crippen LogP contribution in [0.2, 0.25) is 0 Å². The van der Waals surface area contributed by atoms with Gasteiger partial charge < -0.3 is 9.84 Å². The topological polar surface area (TPSA) is 63.6 Å². The third-order valence-corrected chi connectivity index (χ3v) is 7.83. The summed E-state index contributed by atoms with van der Waals surface area (Å²) in [7, 11) is 0. The third-order valence-electron chi connectivity index (χ3n) is 7.83. The molecule has 0 bridgehead atoms. The molecule has 2 saturated carbocycles. The standard InChI is InChI=1S/C25H44O4/c1-7-8-9-12-25(6)16-24(4,5)14-18(3)21(25)15-29-23(28)19-11-10-17(2)13-20(19)22(26)27/h17-21H,7-16H2,1-6H3,(H,26,27). The highest BCUT2D eigenvalue weighted by molar-refractivity contribution is 5.81. The first-order valence-corrected chi connectivity index (χ1v) is 11.9. The number of carbonyl (C=O) groups excluding carboxylic acids is 1. The Labute approximate surface area is 178 Å². The Morgan fingerprint density at radius 2 is 1.76 bits per heavy atom. The molecule has 2 fully saturated rings. The summed E-state index contributed by atoms with van der Waals surface area (Å²) in [5.41, 5.74) is 0.485. The van der Waals surface area contributed by atoms with Crippen LogP contribution in [0.4, 0.5) is 0 Å². The van der Waals surface area contributed by atoms with Crippen LogP contribution in [0.1, 0.15) is 99.3 Å². The molecule has 0 saturated heterocycles. The summed E-state index contributed by atoms with van der Waals surface area (Å²) in [6.07, 6.45) is 9.30. The number of carbonyl (C=O) groups is 2. The largest absolute Gasteiger partial charge is 0.481 e. The highest BCUT2D eigenvalue weighted by atomic mass is 16.5. The molecule has 0 spiro atoms. The third kappa shape index (κ3) is 6.21. The minimum atomic E-state index is -0.851. The number of esters is 1. The predicted molar refractivity (Wildman–Crippen MR) is 117 cm³/mol. The van der Waals surface area contributed by atoms with Crippen molar-refractivity contribution in [3.05, 3.63) is 0 Å². The van der Waals surface area contributed by atoms with Gasteiger partial charge in [0.05, 0.1) is 18.4 Å². The van der Waals surface area contributed by atoms with Crippen LogP contribution in [0.25, 0.3) is 0 Å². The van der Waals surface area contributed by atoms with Gasteiger partial charge in [-0.25, -0.2) is 0 Å². The summed E-state index contributed by atoms with van der Waals surface area (Å²) in [4.78, 5) is 24.6. The lowest BCUT2D eigenvalue weighted by Gasteiger charge is -2.52. The van der Waals surface area contributed by atoms with Crippen LogP contribution in [0.3, 0.4) is 0 Å². The van der Waals surface area contributed by atoms with E-state index in [9.17, 15) is 14.7 Å². The van der Waals surface area contributed by atoms with E-state index in [1.165, 1.54) is 25.7 Å². The Hall–Kier alpha value is -1.06. The molecule has 4 heteroatoms. The summed E-state index contributed by atoms with van der Waals surface area (Å²) < 4.78 is 5.87. The van der Waals surface area contributed by atoms with Gasteiger partial charge in [0, 0.05) is 5.92 Å². The van der Waals surface area contributed by atoms with Gasteiger partial charge in [-0.3, -0.25) is 9.59 Å². The van der Waals surface area contributed by atoms with Gasteiger partial charge in [-0.05, 0) is 61.2 Å². The number of rotatable bonds is 8. The summed E-state index contributed by atoms with van der Waals surface area (Å²) >= 11 is 0. The van der Waals surface area contributed by atoms with E-state index >= 15 is 0 Å². The van der Waals surface area contributed by atoms with E-state index in [4.69, 9.17) is 4.74 Å². The summed E-state index contributed by atoms with van der Waals surface area (Å²) in [6, 6.07) is 0. The van der Waals surface area contributed by atoms with Crippen LogP contribution in [0, 0.1) is 40.4 Å². The van der Waals surface area contributed by atoms with Crippen molar-refractivity contribution in [1.82, 2.24) is 0 Å². The highest BCUT2D eigenvalue weighted by Gasteiger charge is 2.47. The SMILES string of the molecule is CCCCCC1(C)CC(C)(C)CC(C)C1COC(=O)C1CCC(C)CC1C(=O)O. The van der Waals surface area contributed by atoms with Gasteiger partial charge in [-0.1, -0.05) is 60.8 Å². The lowest BCUT2D eigenvalue weighted by Crippen LogP contribution is -2.46. The molecule has 29 heavy (non-hydrogen) atoms. The molecule has 2 aliphatic carbocycles. The molecule has 6 atom stereocenters. The van der Waals surface area contributed by atoms with Crippen molar-refractivity contribution in [2.45, 2.75) is 99.3 Å². The predicted octanol–water partition coefficient (Wildman–Crippen LogP) is 6.33. The van der Waals surface area contributed by atoms with Crippen molar-refractivity contribution >= 4 is 11.9 Å². The monoisotopic (exact) mass is 408 g/mol. The average molecular weight is 409 g/mol. The first kappa shape index (κ1) is 24.2. The number of ether oxygens (including phenoxy) is 1. The second-order valence-electron chi connectivity index (χ2n) is 11.3. The van der Waals surface area contributed by atoms with E-state index in [2.05, 4.69) is 41.5 Å². The van der Waals surface area contributed by atoms with Gasteiger partial charge >= 0.3 is 11.9 Å². The molecule has 4 nitrogen and oxygen atoms in total. The zero-order valence-electron chi connectivity index (χ0n) is 19.6. The Balaban J connectivity index is 2.06. The minimum Gasteiger partial charge on any atom is -0.481 e. The second-order valence-corrected chi connectivity index (χ2v) is 11.3. The van der Waals surface area contributed by atoms with E-state index in [1.807, 2.05) is 0 Å². The van der Waals surface area contributed by atoms with Crippen LogP contribution >= 0.6 is 0 Å². The summed E-state index contributed by atoms with van der Waals surface area (Å²) in [6.45, 7) is 14.2. The molecular formula is C25H44O4. The fourth-order valence-corrected chi connectivity index (χ4v) is 6.63. The molecule has 0 amide bonds. The second kappa shape index (κ2) is 9.83. The molecule has 0 heterocycles. The number of hydrogen-bond acceptors (Lipinski definition) is 3. The number of carboxylic acid groups (broad SMARTS) is 1. The maximum atomic E-state index is 12.9. The Morgan fingerprint density at radius 3 is 2.38 bits per heavy atom. The molecule has 0 aromatic heterocycles. The van der Waals surface area contributed by atoms with Gasteiger partial charge in [0.1, 0.15) is 0 Å². The van der Waals surface area contributed by atoms with E-state index in [1.54, 1.807) is 0 Å². The first-order chi connectivity index (χ1) is 13.5. The van der Waals surface area contributed by atoms with Crippen molar-refractivity contribution in [2.75, 3.05) is 6.61 Å². The van der Waals surface area contributed by atoms with Gasteiger partial charge in [0.25, 0.3) is 0 Å². The zero-order chi connectivity index (χ0) is 21.8. The maximum Gasteiger partial charge on any atom is 0.309 e. The molecule has 0 aromatic rings. The summed E-state index contributed by atoms with van der Waals surface area (Å²) in [5.74, 6) is -0.993. The van der Waals surface area contributed by atoms with Gasteiger partial charge in [-0.2, -0.15) is 0 Å². The van der Waals surface area contributed by atoms with E-state index < -0.39 is 17.8 Å². The molecule has 0 aromatic carbocycles. The Kier molecular flexibility index (Phi) is 8.21. The maximum absolute atomic E-state index is 12.9. The lowest BCUT2D eigenvalue weighted by molar-refractivity contribution is -0.164. The number of carboxylic acids is 1. The van der Waals surface area contributed by atoms with Gasteiger partial charge in [-0.15, -0.1) is 0 Å². The Morgan fingerprint density at radius 1 is 1.07 bits per heavy atom. The number of hydrogen-bond donors (Lipinski definition) is 1. The quantitative estimate of drug-likeness (QED) is 0.377. The first-order valence-electron chi connectivity index (χ1n) is 11.9. The highest BCUT2D eigenvalue weighted by Crippen LogP contribution is 2.54. The molecule has 6 unspecified atom stereocenters. The van der Waals surface area contributed by atoms with Crippen LogP contribution in [-0.2, 0) is 14.3 Å². The number of aliphatic carboxylic acids is 1. The average Bonchev–Trinajstić information content (AvgIpc) is 2.59. The smallest absolute Gasteiger partial charge is 0.309 e. The van der Waals surface area contributed by atoms with Crippen molar-refractivity contribution < 1.29 is 19.4 Å². The van der Waals surface area contributed by atoms with E-state index in [0.717, 1.165) is 19.3 Å².